The second kappa shape index (κ2) is 4.79. The Morgan fingerprint density at radius 1 is 1.57 bits per heavy atom. The number of rotatable bonds is 4. The van der Waals surface area contributed by atoms with Crippen LogP contribution in [0.25, 0.3) is 0 Å². The van der Waals surface area contributed by atoms with Gasteiger partial charge >= 0.3 is 0 Å². The van der Waals surface area contributed by atoms with E-state index in [9.17, 15) is 8.42 Å². The minimum absolute atomic E-state index is 0.171. The van der Waals surface area contributed by atoms with E-state index < -0.39 is 14.7 Å². The SMILES string of the molecule is CCOC1(CS(=O)(=O)Cl)CCCOC1. The maximum atomic E-state index is 11.0. The molecule has 1 saturated heterocycles. The van der Waals surface area contributed by atoms with Crippen LogP contribution in [0.15, 0.2) is 0 Å². The van der Waals surface area contributed by atoms with E-state index in [1.807, 2.05) is 6.92 Å². The van der Waals surface area contributed by atoms with Crippen molar-refractivity contribution in [3.63, 3.8) is 0 Å². The van der Waals surface area contributed by atoms with Gasteiger partial charge in [0, 0.05) is 23.9 Å². The summed E-state index contributed by atoms with van der Waals surface area (Å²) in [6, 6.07) is 0. The van der Waals surface area contributed by atoms with Gasteiger partial charge in [0.15, 0.2) is 0 Å². The molecule has 0 amide bonds. The summed E-state index contributed by atoms with van der Waals surface area (Å²) >= 11 is 0. The lowest BCUT2D eigenvalue weighted by Crippen LogP contribution is -2.46. The maximum absolute atomic E-state index is 11.0. The van der Waals surface area contributed by atoms with Crippen molar-refractivity contribution in [1.82, 2.24) is 0 Å². The van der Waals surface area contributed by atoms with Crippen molar-refractivity contribution in [2.45, 2.75) is 25.4 Å². The second-order valence-corrected chi connectivity index (χ2v) is 6.23. The highest BCUT2D eigenvalue weighted by molar-refractivity contribution is 8.13. The van der Waals surface area contributed by atoms with Crippen LogP contribution < -0.4 is 0 Å². The molecule has 0 bridgehead atoms. The van der Waals surface area contributed by atoms with Crippen molar-refractivity contribution >= 4 is 19.7 Å². The third-order valence-electron chi connectivity index (χ3n) is 2.17. The summed E-state index contributed by atoms with van der Waals surface area (Å²) in [6.45, 7) is 3.27. The monoisotopic (exact) mass is 242 g/mol. The molecule has 0 saturated carbocycles. The predicted octanol–water partition coefficient (Wildman–Crippen LogP) is 1.14. The molecule has 0 aromatic heterocycles. The summed E-state index contributed by atoms with van der Waals surface area (Å²) in [7, 11) is 1.69. The molecule has 0 aromatic carbocycles. The van der Waals surface area contributed by atoms with Crippen LogP contribution in [0, 0.1) is 0 Å². The van der Waals surface area contributed by atoms with Crippen LogP contribution >= 0.6 is 10.7 Å². The van der Waals surface area contributed by atoms with E-state index in [0.717, 1.165) is 6.42 Å². The smallest absolute Gasteiger partial charge is 0.235 e. The Morgan fingerprint density at radius 3 is 2.71 bits per heavy atom. The molecule has 1 rings (SSSR count). The number of halogens is 1. The molecular formula is C8H15ClO4S. The van der Waals surface area contributed by atoms with E-state index in [-0.39, 0.29) is 5.75 Å². The topological polar surface area (TPSA) is 52.6 Å². The Morgan fingerprint density at radius 2 is 2.29 bits per heavy atom. The molecule has 84 valence electrons. The van der Waals surface area contributed by atoms with Crippen molar-refractivity contribution < 1.29 is 17.9 Å². The van der Waals surface area contributed by atoms with Crippen LogP contribution in [0.2, 0.25) is 0 Å². The minimum Gasteiger partial charge on any atom is -0.378 e. The summed E-state index contributed by atoms with van der Waals surface area (Å²) < 4.78 is 32.7. The van der Waals surface area contributed by atoms with Gasteiger partial charge in [0.1, 0.15) is 5.60 Å². The molecule has 0 spiro atoms. The van der Waals surface area contributed by atoms with Crippen molar-refractivity contribution in [3.05, 3.63) is 0 Å². The van der Waals surface area contributed by atoms with Crippen LogP contribution in [0.3, 0.4) is 0 Å². The number of hydrogen-bond donors (Lipinski definition) is 0. The predicted molar refractivity (Wildman–Crippen MR) is 54.0 cm³/mol. The molecule has 1 aliphatic heterocycles. The molecule has 6 heteroatoms. The Bertz CT molecular complexity index is 264. The molecule has 14 heavy (non-hydrogen) atoms. The molecule has 1 atom stereocenters. The fourth-order valence-electron chi connectivity index (χ4n) is 1.72. The maximum Gasteiger partial charge on any atom is 0.235 e. The first kappa shape index (κ1) is 12.2. The minimum atomic E-state index is -3.54. The van der Waals surface area contributed by atoms with Crippen LogP contribution in [-0.4, -0.2) is 39.6 Å². The largest absolute Gasteiger partial charge is 0.378 e. The first-order chi connectivity index (χ1) is 6.47. The zero-order valence-corrected chi connectivity index (χ0v) is 9.73. The summed E-state index contributed by atoms with van der Waals surface area (Å²) in [4.78, 5) is 0. The summed E-state index contributed by atoms with van der Waals surface area (Å²) in [5.74, 6) is -0.171. The third kappa shape index (κ3) is 3.73. The Labute approximate surface area is 88.9 Å². The molecule has 0 N–H and O–H groups in total. The van der Waals surface area contributed by atoms with Gasteiger partial charge in [-0.3, -0.25) is 0 Å². The zero-order chi connectivity index (χ0) is 10.7. The van der Waals surface area contributed by atoms with Gasteiger partial charge in [-0.05, 0) is 19.8 Å². The van der Waals surface area contributed by atoms with Gasteiger partial charge in [-0.25, -0.2) is 8.42 Å². The lowest BCUT2D eigenvalue weighted by atomic mass is 9.99. The average Bonchev–Trinajstić information content (AvgIpc) is 2.02. The number of hydrogen-bond acceptors (Lipinski definition) is 4. The van der Waals surface area contributed by atoms with E-state index in [0.29, 0.717) is 26.2 Å². The normalized spacial score (nSPS) is 29.0. The highest BCUT2D eigenvalue weighted by Gasteiger charge is 2.37. The van der Waals surface area contributed by atoms with Crippen molar-refractivity contribution in [1.29, 1.82) is 0 Å². The summed E-state index contributed by atoms with van der Waals surface area (Å²) in [6.07, 6.45) is 1.50. The van der Waals surface area contributed by atoms with Gasteiger partial charge in [0.25, 0.3) is 0 Å². The first-order valence-corrected chi connectivity index (χ1v) is 7.09. The molecule has 1 aliphatic rings. The number of ether oxygens (including phenoxy) is 2. The first-order valence-electron chi connectivity index (χ1n) is 4.61. The zero-order valence-electron chi connectivity index (χ0n) is 8.16. The van der Waals surface area contributed by atoms with Gasteiger partial charge in [0.2, 0.25) is 9.05 Å². The summed E-state index contributed by atoms with van der Waals surface area (Å²) in [5.41, 5.74) is -0.729. The Balaban J connectivity index is 2.70. The molecular weight excluding hydrogens is 228 g/mol. The van der Waals surface area contributed by atoms with Crippen molar-refractivity contribution in [2.24, 2.45) is 0 Å². The van der Waals surface area contributed by atoms with Gasteiger partial charge in [-0.15, -0.1) is 0 Å². The Hall–Kier alpha value is 0.160. The van der Waals surface area contributed by atoms with Crippen LogP contribution in [0.4, 0.5) is 0 Å². The third-order valence-corrected chi connectivity index (χ3v) is 3.37. The molecule has 0 aromatic rings. The summed E-state index contributed by atoms with van der Waals surface area (Å²) in [5, 5.41) is 0. The quantitative estimate of drug-likeness (QED) is 0.694. The van der Waals surface area contributed by atoms with Gasteiger partial charge < -0.3 is 9.47 Å². The lowest BCUT2D eigenvalue weighted by Gasteiger charge is -2.35. The van der Waals surface area contributed by atoms with E-state index in [4.69, 9.17) is 20.2 Å². The molecule has 0 radical (unpaired) electrons. The van der Waals surface area contributed by atoms with E-state index in [1.54, 1.807) is 0 Å². The molecule has 1 unspecified atom stereocenters. The second-order valence-electron chi connectivity index (χ2n) is 3.46. The van der Waals surface area contributed by atoms with Crippen molar-refractivity contribution in [3.8, 4) is 0 Å². The molecule has 1 heterocycles. The van der Waals surface area contributed by atoms with Crippen molar-refractivity contribution in [2.75, 3.05) is 25.6 Å². The average molecular weight is 243 g/mol. The molecule has 4 nitrogen and oxygen atoms in total. The van der Waals surface area contributed by atoms with Crippen LogP contribution in [0.5, 0.6) is 0 Å². The van der Waals surface area contributed by atoms with E-state index in [2.05, 4.69) is 0 Å². The van der Waals surface area contributed by atoms with Gasteiger partial charge in [0.05, 0.1) is 12.4 Å². The lowest BCUT2D eigenvalue weighted by molar-refractivity contribution is -0.111. The highest BCUT2D eigenvalue weighted by atomic mass is 35.7. The van der Waals surface area contributed by atoms with E-state index >= 15 is 0 Å². The highest BCUT2D eigenvalue weighted by Crippen LogP contribution is 2.26. The van der Waals surface area contributed by atoms with Gasteiger partial charge in [-0.1, -0.05) is 0 Å². The van der Waals surface area contributed by atoms with Gasteiger partial charge in [-0.2, -0.15) is 0 Å². The molecule has 0 aliphatic carbocycles. The Kier molecular flexibility index (Phi) is 4.18. The van der Waals surface area contributed by atoms with Crippen LogP contribution in [0.1, 0.15) is 19.8 Å². The fraction of sp³-hybridized carbons (Fsp3) is 1.00. The molecule has 1 fully saturated rings. The fourth-order valence-corrected chi connectivity index (χ4v) is 3.25. The van der Waals surface area contributed by atoms with Crippen LogP contribution in [-0.2, 0) is 18.5 Å². The van der Waals surface area contributed by atoms with E-state index in [1.165, 1.54) is 0 Å². The standard InChI is InChI=1S/C8H15ClO4S/c1-2-13-8(7-14(9,10)11)4-3-5-12-6-8/h2-7H2,1H3.